The monoisotopic (exact) mass is 300 g/mol. The molecule has 0 unspecified atom stereocenters. The fourth-order valence-electron chi connectivity index (χ4n) is 2.05. The van der Waals surface area contributed by atoms with Crippen LogP contribution in [0, 0.1) is 0 Å². The minimum Gasteiger partial charge on any atom is -0.377 e. The lowest BCUT2D eigenvalue weighted by atomic mass is 10.3. The normalized spacial score (nSPS) is 11.6. The molecular weight excluding hydrogens is 283 g/mol. The van der Waals surface area contributed by atoms with E-state index >= 15 is 0 Å². The Kier molecular flexibility index (Phi) is 5.08. The molecule has 3 nitrogen and oxygen atoms in total. The predicted octanol–water partition coefficient (Wildman–Crippen LogP) is 3.90. The molecule has 2 aromatic rings. The minimum atomic E-state index is 0.231. The summed E-state index contributed by atoms with van der Waals surface area (Å²) in [6.07, 6.45) is 0.977. The van der Waals surface area contributed by atoms with Crippen LogP contribution in [0.2, 0.25) is 5.02 Å². The highest BCUT2D eigenvalue weighted by Gasteiger charge is 2.10. The fraction of sp³-hybridized carbons (Fsp3) is 0.500. The number of fused-ring (bicyclic) bond motifs is 1. The molecule has 1 heterocycles. The molecule has 5 heteroatoms. The molecule has 0 bridgehead atoms. The zero-order chi connectivity index (χ0) is 13.8. The van der Waals surface area contributed by atoms with E-state index in [1.54, 1.807) is 0 Å². The van der Waals surface area contributed by atoms with Crippen molar-refractivity contribution in [1.82, 2.24) is 9.55 Å². The Hall–Kier alpha value is -0.770. The maximum Gasteiger partial charge on any atom is 0.111 e. The third kappa shape index (κ3) is 3.62. The van der Waals surface area contributed by atoms with Gasteiger partial charge in [-0.1, -0.05) is 11.6 Å². The van der Waals surface area contributed by atoms with Crippen molar-refractivity contribution < 1.29 is 4.74 Å². The van der Waals surface area contributed by atoms with Gasteiger partial charge < -0.3 is 9.30 Å². The van der Waals surface area contributed by atoms with E-state index in [-0.39, 0.29) is 6.10 Å². The average Bonchev–Trinajstić information content (AvgIpc) is 2.67. The van der Waals surface area contributed by atoms with Crippen molar-refractivity contribution >= 4 is 34.2 Å². The Morgan fingerprint density at radius 3 is 2.84 bits per heavy atom. The van der Waals surface area contributed by atoms with Gasteiger partial charge in [0.2, 0.25) is 0 Å². The van der Waals surface area contributed by atoms with Gasteiger partial charge >= 0.3 is 0 Å². The van der Waals surface area contributed by atoms with Gasteiger partial charge in [0.25, 0.3) is 0 Å². The van der Waals surface area contributed by atoms with Gasteiger partial charge in [0.05, 0.1) is 23.7 Å². The second-order valence-corrected chi connectivity index (χ2v) is 5.49. The van der Waals surface area contributed by atoms with Crippen molar-refractivity contribution in [3.05, 3.63) is 29.0 Å². The molecular formula is C14H18Cl2N2O. The number of ether oxygens (including phenoxy) is 1. The fourth-order valence-corrected chi connectivity index (χ4v) is 2.39. The first-order valence-electron chi connectivity index (χ1n) is 6.44. The van der Waals surface area contributed by atoms with Gasteiger partial charge in [0, 0.05) is 23.9 Å². The third-order valence-corrected chi connectivity index (χ3v) is 3.30. The summed E-state index contributed by atoms with van der Waals surface area (Å²) < 4.78 is 7.76. The lowest BCUT2D eigenvalue weighted by Gasteiger charge is -2.11. The van der Waals surface area contributed by atoms with Crippen LogP contribution >= 0.6 is 23.2 Å². The summed E-state index contributed by atoms with van der Waals surface area (Å²) in [7, 11) is 0. The number of nitrogens with zero attached hydrogens (tertiary/aromatic N) is 2. The molecule has 0 atom stereocenters. The predicted molar refractivity (Wildman–Crippen MR) is 80.3 cm³/mol. The smallest absolute Gasteiger partial charge is 0.111 e. The van der Waals surface area contributed by atoms with Crippen LogP contribution in [-0.4, -0.2) is 28.1 Å². The number of imidazole rings is 1. The van der Waals surface area contributed by atoms with E-state index in [0.29, 0.717) is 12.5 Å². The zero-order valence-electron chi connectivity index (χ0n) is 11.2. The molecule has 104 valence electrons. The molecule has 0 N–H and O–H groups in total. The first-order chi connectivity index (χ1) is 9.11. The quantitative estimate of drug-likeness (QED) is 0.757. The van der Waals surface area contributed by atoms with Crippen LogP contribution in [0.5, 0.6) is 0 Å². The first kappa shape index (κ1) is 14.6. The Balaban J connectivity index is 2.30. The van der Waals surface area contributed by atoms with E-state index in [4.69, 9.17) is 27.9 Å². The van der Waals surface area contributed by atoms with Gasteiger partial charge in [-0.2, -0.15) is 0 Å². The van der Waals surface area contributed by atoms with Crippen LogP contribution in [0.15, 0.2) is 18.2 Å². The van der Waals surface area contributed by atoms with Crippen molar-refractivity contribution in [1.29, 1.82) is 0 Å². The van der Waals surface area contributed by atoms with E-state index in [9.17, 15) is 0 Å². The Bertz CT molecular complexity index is 552. The Morgan fingerprint density at radius 1 is 1.37 bits per heavy atom. The van der Waals surface area contributed by atoms with Crippen LogP contribution < -0.4 is 0 Å². The van der Waals surface area contributed by atoms with Gasteiger partial charge in [0.1, 0.15) is 5.82 Å². The van der Waals surface area contributed by atoms with Crippen molar-refractivity contribution in [3.8, 4) is 0 Å². The Morgan fingerprint density at radius 2 is 2.16 bits per heavy atom. The van der Waals surface area contributed by atoms with Crippen LogP contribution in [0.3, 0.4) is 0 Å². The second-order valence-electron chi connectivity index (χ2n) is 4.67. The lowest BCUT2D eigenvalue weighted by Crippen LogP contribution is -2.13. The molecule has 0 aliphatic carbocycles. The van der Waals surface area contributed by atoms with Gasteiger partial charge in [-0.3, -0.25) is 0 Å². The number of rotatable bonds is 6. The largest absolute Gasteiger partial charge is 0.377 e. The molecule has 2 rings (SSSR count). The number of alkyl halides is 1. The van der Waals surface area contributed by atoms with E-state index in [1.165, 1.54) is 0 Å². The van der Waals surface area contributed by atoms with E-state index < -0.39 is 0 Å². The highest BCUT2D eigenvalue weighted by Crippen LogP contribution is 2.21. The van der Waals surface area contributed by atoms with E-state index in [2.05, 4.69) is 9.55 Å². The highest BCUT2D eigenvalue weighted by atomic mass is 35.5. The summed E-state index contributed by atoms with van der Waals surface area (Å²) in [5.74, 6) is 1.54. The maximum atomic E-state index is 6.06. The van der Waals surface area contributed by atoms with Gasteiger partial charge in [-0.25, -0.2) is 4.98 Å². The summed E-state index contributed by atoms with van der Waals surface area (Å²) in [4.78, 5) is 4.61. The number of halogens is 2. The van der Waals surface area contributed by atoms with Crippen LogP contribution in [-0.2, 0) is 17.7 Å². The average molecular weight is 301 g/mol. The summed E-state index contributed by atoms with van der Waals surface area (Å²) in [5.41, 5.74) is 1.99. The zero-order valence-corrected chi connectivity index (χ0v) is 12.7. The van der Waals surface area contributed by atoms with Crippen molar-refractivity contribution in [3.63, 3.8) is 0 Å². The molecule has 0 aliphatic rings. The summed E-state index contributed by atoms with van der Waals surface area (Å²) in [6, 6.07) is 5.74. The topological polar surface area (TPSA) is 27.1 Å². The van der Waals surface area contributed by atoms with Gasteiger partial charge in [0.15, 0.2) is 0 Å². The number of aromatic nitrogens is 2. The molecule has 1 aromatic heterocycles. The minimum absolute atomic E-state index is 0.231. The van der Waals surface area contributed by atoms with E-state index in [1.807, 2.05) is 32.0 Å². The highest BCUT2D eigenvalue weighted by molar-refractivity contribution is 6.31. The molecule has 0 saturated carbocycles. The maximum absolute atomic E-state index is 6.06. The van der Waals surface area contributed by atoms with Gasteiger partial charge in [-0.15, -0.1) is 11.6 Å². The van der Waals surface area contributed by atoms with Gasteiger partial charge in [-0.05, 0) is 32.0 Å². The Labute approximate surface area is 123 Å². The summed E-state index contributed by atoms with van der Waals surface area (Å²) >= 11 is 11.9. The lowest BCUT2D eigenvalue weighted by molar-refractivity contribution is 0.0729. The molecule has 0 saturated heterocycles. The molecule has 0 radical (unpaired) electrons. The summed E-state index contributed by atoms with van der Waals surface area (Å²) in [5, 5.41) is 0.718. The van der Waals surface area contributed by atoms with Crippen LogP contribution in [0.25, 0.3) is 11.0 Å². The molecule has 0 aliphatic heterocycles. The number of hydrogen-bond acceptors (Lipinski definition) is 2. The number of aryl methyl sites for hydroxylation is 1. The SMILES string of the molecule is CC(C)OCCn1c(CCCl)nc2ccc(Cl)cc21. The summed E-state index contributed by atoms with van der Waals surface area (Å²) in [6.45, 7) is 5.48. The first-order valence-corrected chi connectivity index (χ1v) is 7.35. The van der Waals surface area contributed by atoms with E-state index in [0.717, 1.165) is 34.8 Å². The number of benzene rings is 1. The number of hydrogen-bond donors (Lipinski definition) is 0. The van der Waals surface area contributed by atoms with Crippen molar-refractivity contribution in [2.24, 2.45) is 0 Å². The second kappa shape index (κ2) is 6.60. The molecule has 1 aromatic carbocycles. The van der Waals surface area contributed by atoms with Crippen LogP contribution in [0.1, 0.15) is 19.7 Å². The molecule has 0 amide bonds. The molecule has 19 heavy (non-hydrogen) atoms. The van der Waals surface area contributed by atoms with Crippen LogP contribution in [0.4, 0.5) is 0 Å². The standard InChI is InChI=1S/C14H18Cl2N2O/c1-10(2)19-8-7-18-13-9-11(16)3-4-12(13)17-14(18)5-6-15/h3-4,9-10H,5-8H2,1-2H3. The third-order valence-electron chi connectivity index (χ3n) is 2.87. The molecule has 0 fully saturated rings. The van der Waals surface area contributed by atoms with Crippen molar-refractivity contribution in [2.45, 2.75) is 32.9 Å². The molecule has 0 spiro atoms. The van der Waals surface area contributed by atoms with Crippen molar-refractivity contribution in [2.75, 3.05) is 12.5 Å².